The first kappa shape index (κ1) is 13.2. The zero-order valence-electron chi connectivity index (χ0n) is 11.8. The van der Waals surface area contributed by atoms with Gasteiger partial charge in [0.1, 0.15) is 17.6 Å². The first-order chi connectivity index (χ1) is 9.49. The van der Waals surface area contributed by atoms with Gasteiger partial charge in [-0.15, -0.1) is 0 Å². The average Bonchev–Trinajstić information content (AvgIpc) is 3.00. The first-order valence-electron chi connectivity index (χ1n) is 7.10. The van der Waals surface area contributed by atoms with Crippen molar-refractivity contribution in [3.8, 4) is 0 Å². The fourth-order valence-electron chi connectivity index (χ4n) is 3.83. The van der Waals surface area contributed by atoms with Gasteiger partial charge in [0, 0.05) is 6.54 Å². The van der Waals surface area contributed by atoms with Crippen molar-refractivity contribution >= 4 is 11.9 Å². The lowest BCUT2D eigenvalue weighted by molar-refractivity contribution is -0.142. The molecule has 5 nitrogen and oxygen atoms in total. The van der Waals surface area contributed by atoms with E-state index in [1.807, 2.05) is 0 Å². The third-order valence-electron chi connectivity index (χ3n) is 4.68. The zero-order chi connectivity index (χ0) is 14.4. The Morgan fingerprint density at radius 1 is 1.35 bits per heavy atom. The zero-order valence-corrected chi connectivity index (χ0v) is 11.8. The summed E-state index contributed by atoms with van der Waals surface area (Å²) in [6, 6.07) is 1.02. The summed E-state index contributed by atoms with van der Waals surface area (Å²) in [5, 5.41) is 9.48. The molecule has 2 aliphatic rings. The van der Waals surface area contributed by atoms with Gasteiger partial charge in [0.05, 0.1) is 5.56 Å². The van der Waals surface area contributed by atoms with Gasteiger partial charge < -0.3 is 14.4 Å². The molecule has 3 unspecified atom stereocenters. The molecular weight excluding hydrogens is 258 g/mol. The molecular formula is C15H19NO4. The Balaban J connectivity index is 1.91. The molecule has 1 aromatic rings. The van der Waals surface area contributed by atoms with E-state index in [-0.39, 0.29) is 11.8 Å². The molecule has 1 saturated carbocycles. The Morgan fingerprint density at radius 3 is 2.70 bits per heavy atom. The minimum absolute atomic E-state index is 0.116. The number of rotatable bonds is 2. The SMILES string of the molecule is Cc1cc(C(=O)N2CC3CCCC3C2C(=O)O)c(C)o1. The highest BCUT2D eigenvalue weighted by Gasteiger charge is 2.49. The quantitative estimate of drug-likeness (QED) is 0.899. The molecule has 1 N–H and O–H groups in total. The largest absolute Gasteiger partial charge is 0.480 e. The molecule has 1 saturated heterocycles. The summed E-state index contributed by atoms with van der Waals surface area (Å²) in [6.45, 7) is 4.09. The van der Waals surface area contributed by atoms with E-state index < -0.39 is 12.0 Å². The molecule has 3 rings (SSSR count). The highest BCUT2D eigenvalue weighted by molar-refractivity contribution is 5.98. The van der Waals surface area contributed by atoms with E-state index in [0.717, 1.165) is 19.3 Å². The summed E-state index contributed by atoms with van der Waals surface area (Å²) < 4.78 is 5.39. The Kier molecular flexibility index (Phi) is 3.07. The van der Waals surface area contributed by atoms with Crippen molar-refractivity contribution in [3.05, 3.63) is 23.2 Å². The van der Waals surface area contributed by atoms with Gasteiger partial charge in [-0.2, -0.15) is 0 Å². The first-order valence-corrected chi connectivity index (χ1v) is 7.10. The van der Waals surface area contributed by atoms with E-state index in [4.69, 9.17) is 4.42 Å². The summed E-state index contributed by atoms with van der Waals surface area (Å²) in [5.41, 5.74) is 0.494. The molecule has 0 aromatic carbocycles. The molecule has 0 spiro atoms. The maximum atomic E-state index is 12.6. The second-order valence-corrected chi connectivity index (χ2v) is 5.92. The molecule has 108 valence electrons. The van der Waals surface area contributed by atoms with Crippen LogP contribution in [0.3, 0.4) is 0 Å². The maximum absolute atomic E-state index is 12.6. The van der Waals surface area contributed by atoms with Crippen LogP contribution in [0.15, 0.2) is 10.5 Å². The molecule has 1 amide bonds. The van der Waals surface area contributed by atoms with Gasteiger partial charge >= 0.3 is 5.97 Å². The van der Waals surface area contributed by atoms with Crippen LogP contribution in [0.1, 0.15) is 41.1 Å². The molecule has 1 aromatic heterocycles. The standard InChI is InChI=1S/C15H19NO4/c1-8-6-12(9(2)20-8)14(17)16-7-10-4-3-5-11(10)13(16)15(18)19/h6,10-11,13H,3-5,7H2,1-2H3,(H,18,19). The van der Waals surface area contributed by atoms with Gasteiger partial charge in [0.15, 0.2) is 0 Å². The monoisotopic (exact) mass is 277 g/mol. The smallest absolute Gasteiger partial charge is 0.326 e. The predicted molar refractivity (Wildman–Crippen MR) is 71.5 cm³/mol. The van der Waals surface area contributed by atoms with Crippen molar-refractivity contribution < 1.29 is 19.1 Å². The van der Waals surface area contributed by atoms with Crippen LogP contribution in [0.4, 0.5) is 0 Å². The van der Waals surface area contributed by atoms with Crippen LogP contribution in [0.5, 0.6) is 0 Å². The number of carbonyl (C=O) groups excluding carboxylic acids is 1. The van der Waals surface area contributed by atoms with Crippen LogP contribution in [-0.2, 0) is 4.79 Å². The molecule has 1 aliphatic carbocycles. The van der Waals surface area contributed by atoms with Crippen molar-refractivity contribution in [1.82, 2.24) is 4.90 Å². The minimum atomic E-state index is -0.884. The number of aryl methyl sites for hydroxylation is 2. The number of hydrogen-bond donors (Lipinski definition) is 1. The Morgan fingerprint density at radius 2 is 2.10 bits per heavy atom. The lowest BCUT2D eigenvalue weighted by Crippen LogP contribution is -2.43. The highest BCUT2D eigenvalue weighted by Crippen LogP contribution is 2.42. The van der Waals surface area contributed by atoms with E-state index in [1.165, 1.54) is 4.90 Å². The molecule has 20 heavy (non-hydrogen) atoms. The fraction of sp³-hybridized carbons (Fsp3) is 0.600. The lowest BCUT2D eigenvalue weighted by Gasteiger charge is -2.24. The van der Waals surface area contributed by atoms with Gasteiger partial charge in [0.25, 0.3) is 5.91 Å². The fourth-order valence-corrected chi connectivity index (χ4v) is 3.83. The number of nitrogens with zero attached hydrogens (tertiary/aromatic N) is 1. The summed E-state index contributed by atoms with van der Waals surface area (Å²) in [6.07, 6.45) is 3.02. The molecule has 3 atom stereocenters. The Hall–Kier alpha value is -1.78. The van der Waals surface area contributed by atoms with Gasteiger partial charge in [-0.25, -0.2) is 4.79 Å². The van der Waals surface area contributed by atoms with E-state index in [2.05, 4.69) is 0 Å². The third-order valence-corrected chi connectivity index (χ3v) is 4.68. The van der Waals surface area contributed by atoms with Crippen LogP contribution in [0.2, 0.25) is 0 Å². The number of carboxylic acid groups (broad SMARTS) is 1. The number of fused-ring (bicyclic) bond motifs is 1. The summed E-state index contributed by atoms with van der Waals surface area (Å²) >= 11 is 0. The van der Waals surface area contributed by atoms with Crippen molar-refractivity contribution in [2.45, 2.75) is 39.2 Å². The molecule has 0 bridgehead atoms. The van der Waals surface area contributed by atoms with Crippen molar-refractivity contribution in [2.75, 3.05) is 6.54 Å². The van der Waals surface area contributed by atoms with E-state index >= 15 is 0 Å². The number of aliphatic carboxylic acids is 1. The summed E-state index contributed by atoms with van der Waals surface area (Å²) in [4.78, 5) is 25.7. The van der Waals surface area contributed by atoms with Gasteiger partial charge in [-0.1, -0.05) is 6.42 Å². The lowest BCUT2D eigenvalue weighted by atomic mass is 9.94. The second kappa shape index (κ2) is 4.65. The van der Waals surface area contributed by atoms with Crippen molar-refractivity contribution in [2.24, 2.45) is 11.8 Å². The Labute approximate surface area is 117 Å². The third kappa shape index (κ3) is 1.92. The molecule has 1 aliphatic heterocycles. The predicted octanol–water partition coefficient (Wildman–Crippen LogP) is 2.22. The normalized spacial score (nSPS) is 28.7. The van der Waals surface area contributed by atoms with Crippen LogP contribution in [0, 0.1) is 25.7 Å². The molecule has 0 radical (unpaired) electrons. The van der Waals surface area contributed by atoms with Gasteiger partial charge in [-0.05, 0) is 44.6 Å². The topological polar surface area (TPSA) is 70.8 Å². The molecule has 5 heteroatoms. The highest BCUT2D eigenvalue weighted by atomic mass is 16.4. The molecule has 2 heterocycles. The van der Waals surface area contributed by atoms with Crippen LogP contribution < -0.4 is 0 Å². The second-order valence-electron chi connectivity index (χ2n) is 5.92. The summed E-state index contributed by atoms with van der Waals surface area (Å²) in [5.74, 6) is 0.607. The molecule has 2 fully saturated rings. The summed E-state index contributed by atoms with van der Waals surface area (Å²) in [7, 11) is 0. The van der Waals surface area contributed by atoms with Gasteiger partial charge in [0.2, 0.25) is 0 Å². The van der Waals surface area contributed by atoms with Crippen LogP contribution >= 0.6 is 0 Å². The van der Waals surface area contributed by atoms with E-state index in [1.54, 1.807) is 19.9 Å². The number of amides is 1. The van der Waals surface area contributed by atoms with E-state index in [0.29, 0.717) is 29.5 Å². The average molecular weight is 277 g/mol. The minimum Gasteiger partial charge on any atom is -0.480 e. The Bertz CT molecular complexity index is 562. The maximum Gasteiger partial charge on any atom is 0.326 e. The number of likely N-dealkylation sites (tertiary alicyclic amines) is 1. The van der Waals surface area contributed by atoms with Crippen molar-refractivity contribution in [1.29, 1.82) is 0 Å². The van der Waals surface area contributed by atoms with E-state index in [9.17, 15) is 14.7 Å². The van der Waals surface area contributed by atoms with Gasteiger partial charge in [-0.3, -0.25) is 4.79 Å². The number of carbonyl (C=O) groups is 2. The van der Waals surface area contributed by atoms with Crippen LogP contribution in [0.25, 0.3) is 0 Å². The number of hydrogen-bond acceptors (Lipinski definition) is 3. The number of carboxylic acids is 1. The van der Waals surface area contributed by atoms with Crippen LogP contribution in [-0.4, -0.2) is 34.5 Å². The number of furan rings is 1. The van der Waals surface area contributed by atoms with Crippen molar-refractivity contribution in [3.63, 3.8) is 0 Å².